The summed E-state index contributed by atoms with van der Waals surface area (Å²) in [5.74, 6) is -0.854. The molecule has 0 aromatic carbocycles. The van der Waals surface area contributed by atoms with Crippen LogP contribution >= 0.6 is 0 Å². The van der Waals surface area contributed by atoms with Gasteiger partial charge in [-0.3, -0.25) is 14.4 Å². The van der Waals surface area contributed by atoms with Crippen LogP contribution in [0.25, 0.3) is 0 Å². The predicted molar refractivity (Wildman–Crippen MR) is 330 cm³/mol. The Hall–Kier alpha value is -2.89. The van der Waals surface area contributed by atoms with Gasteiger partial charge in [0.1, 0.15) is 13.2 Å². The smallest absolute Gasteiger partial charge is 0.306 e. The molecule has 0 saturated carbocycles. The first-order valence-corrected chi connectivity index (χ1v) is 33.3. The Balaban J connectivity index is 4.16. The zero-order valence-corrected chi connectivity index (χ0v) is 50.8. The van der Waals surface area contributed by atoms with Crippen molar-refractivity contribution in [2.24, 2.45) is 0 Å². The maximum absolute atomic E-state index is 12.9. The van der Waals surface area contributed by atoms with E-state index in [9.17, 15) is 14.4 Å². The van der Waals surface area contributed by atoms with Crippen molar-refractivity contribution in [1.29, 1.82) is 0 Å². The van der Waals surface area contributed by atoms with Gasteiger partial charge >= 0.3 is 17.9 Å². The normalized spacial score (nSPS) is 12.4. The highest BCUT2D eigenvalue weighted by Gasteiger charge is 2.19. The number of esters is 3. The Bertz CT molecular complexity index is 1360. The largest absolute Gasteiger partial charge is 0.462 e. The van der Waals surface area contributed by atoms with Crippen LogP contribution in [-0.2, 0) is 28.6 Å². The molecular weight excluding hydrogens is 937 g/mol. The Morgan fingerprint density at radius 2 is 0.513 bits per heavy atom. The van der Waals surface area contributed by atoms with Crippen LogP contribution in [0, 0.1) is 0 Å². The first-order valence-electron chi connectivity index (χ1n) is 33.3. The Morgan fingerprint density at radius 3 is 0.803 bits per heavy atom. The van der Waals surface area contributed by atoms with Gasteiger partial charge in [0.2, 0.25) is 0 Å². The molecule has 1 atom stereocenters. The van der Waals surface area contributed by atoms with E-state index in [2.05, 4.69) is 81.5 Å². The van der Waals surface area contributed by atoms with E-state index in [1.165, 1.54) is 218 Å². The molecule has 0 radical (unpaired) electrons. The number of unbranched alkanes of at least 4 members (excludes halogenated alkanes) is 40. The lowest BCUT2D eigenvalue weighted by Crippen LogP contribution is -2.30. The van der Waals surface area contributed by atoms with Crippen LogP contribution in [0.5, 0.6) is 0 Å². The molecular formula is C70H126O6. The second-order valence-corrected chi connectivity index (χ2v) is 22.4. The lowest BCUT2D eigenvalue weighted by atomic mass is 10.0. The van der Waals surface area contributed by atoms with Crippen molar-refractivity contribution < 1.29 is 28.6 Å². The van der Waals surface area contributed by atoms with Gasteiger partial charge < -0.3 is 14.2 Å². The van der Waals surface area contributed by atoms with Gasteiger partial charge in [0.15, 0.2) is 6.10 Å². The molecule has 0 heterocycles. The van der Waals surface area contributed by atoms with Crippen molar-refractivity contribution in [3.8, 4) is 0 Å². The van der Waals surface area contributed by atoms with Gasteiger partial charge in [-0.15, -0.1) is 0 Å². The second kappa shape index (κ2) is 64.6. The topological polar surface area (TPSA) is 78.9 Å². The Kier molecular flexibility index (Phi) is 62.2. The number of allylic oxidation sites excluding steroid dienone is 10. The predicted octanol–water partition coefficient (Wildman–Crippen LogP) is 22.7. The quantitative estimate of drug-likeness (QED) is 0.0261. The van der Waals surface area contributed by atoms with Crippen molar-refractivity contribution in [3.05, 3.63) is 60.8 Å². The molecule has 1 unspecified atom stereocenters. The molecule has 0 aromatic heterocycles. The van der Waals surface area contributed by atoms with Crippen molar-refractivity contribution in [1.82, 2.24) is 0 Å². The fraction of sp³-hybridized carbons (Fsp3) is 0.814. The highest BCUT2D eigenvalue weighted by molar-refractivity contribution is 5.71. The van der Waals surface area contributed by atoms with Gasteiger partial charge in [0.05, 0.1) is 0 Å². The van der Waals surface area contributed by atoms with Crippen LogP contribution < -0.4 is 0 Å². The third kappa shape index (κ3) is 62.0. The fourth-order valence-electron chi connectivity index (χ4n) is 9.83. The minimum Gasteiger partial charge on any atom is -0.462 e. The van der Waals surface area contributed by atoms with Crippen molar-refractivity contribution in [2.45, 2.75) is 354 Å². The first kappa shape index (κ1) is 73.1. The summed E-state index contributed by atoms with van der Waals surface area (Å²) in [6.45, 7) is 6.56. The zero-order chi connectivity index (χ0) is 55.0. The molecule has 0 fully saturated rings. The fourth-order valence-corrected chi connectivity index (χ4v) is 9.83. The SMILES string of the molecule is CC/C=C\C/C=C\C/C=C\C/C=C\C/C=C\CCCCCCCCCCCCCC(=O)OCC(COC(=O)CCCCCCCCCCC)OC(=O)CCCCCCCCCCCCCCCCCCCCCCCC. The van der Waals surface area contributed by atoms with Crippen LogP contribution in [0.1, 0.15) is 348 Å². The summed E-state index contributed by atoms with van der Waals surface area (Å²) in [6, 6.07) is 0. The van der Waals surface area contributed by atoms with E-state index in [-0.39, 0.29) is 31.1 Å². The Morgan fingerprint density at radius 1 is 0.276 bits per heavy atom. The van der Waals surface area contributed by atoms with Gasteiger partial charge in [-0.1, -0.05) is 326 Å². The van der Waals surface area contributed by atoms with E-state index in [1.807, 2.05) is 0 Å². The molecule has 0 aromatic rings. The summed E-state index contributed by atoms with van der Waals surface area (Å²) < 4.78 is 16.9. The molecule has 0 N–H and O–H groups in total. The summed E-state index contributed by atoms with van der Waals surface area (Å²) in [6.07, 6.45) is 82.5. The minimum atomic E-state index is -0.771. The molecule has 0 bridgehead atoms. The molecule has 0 aliphatic carbocycles. The number of rotatable bonds is 61. The van der Waals surface area contributed by atoms with Gasteiger partial charge in [-0.05, 0) is 64.2 Å². The second-order valence-electron chi connectivity index (χ2n) is 22.4. The maximum Gasteiger partial charge on any atom is 0.306 e. The number of hydrogen-bond acceptors (Lipinski definition) is 6. The van der Waals surface area contributed by atoms with Crippen LogP contribution in [0.15, 0.2) is 60.8 Å². The average Bonchev–Trinajstić information content (AvgIpc) is 3.42. The minimum absolute atomic E-state index is 0.0697. The summed E-state index contributed by atoms with van der Waals surface area (Å²) in [5.41, 5.74) is 0. The lowest BCUT2D eigenvalue weighted by molar-refractivity contribution is -0.167. The summed E-state index contributed by atoms with van der Waals surface area (Å²) in [5, 5.41) is 0. The summed E-state index contributed by atoms with van der Waals surface area (Å²) >= 11 is 0. The molecule has 0 rings (SSSR count). The highest BCUT2D eigenvalue weighted by atomic mass is 16.6. The zero-order valence-electron chi connectivity index (χ0n) is 50.8. The van der Waals surface area contributed by atoms with Gasteiger partial charge in [-0.25, -0.2) is 0 Å². The Labute approximate surface area is 472 Å². The van der Waals surface area contributed by atoms with Gasteiger partial charge in [0, 0.05) is 19.3 Å². The van der Waals surface area contributed by atoms with Crippen LogP contribution in [0.2, 0.25) is 0 Å². The van der Waals surface area contributed by atoms with E-state index in [1.54, 1.807) is 0 Å². The van der Waals surface area contributed by atoms with E-state index < -0.39 is 6.10 Å². The van der Waals surface area contributed by atoms with Crippen LogP contribution in [0.4, 0.5) is 0 Å². The number of ether oxygens (including phenoxy) is 3. The van der Waals surface area contributed by atoms with E-state index in [0.717, 1.165) is 89.9 Å². The highest BCUT2D eigenvalue weighted by Crippen LogP contribution is 2.18. The molecule has 0 aliphatic heterocycles. The van der Waals surface area contributed by atoms with E-state index in [4.69, 9.17) is 14.2 Å². The molecule has 0 amide bonds. The number of carbonyl (C=O) groups excluding carboxylic acids is 3. The third-order valence-corrected chi connectivity index (χ3v) is 14.8. The number of carbonyl (C=O) groups is 3. The summed E-state index contributed by atoms with van der Waals surface area (Å²) in [7, 11) is 0. The molecule has 76 heavy (non-hydrogen) atoms. The summed E-state index contributed by atoms with van der Waals surface area (Å²) in [4.78, 5) is 38.2. The van der Waals surface area contributed by atoms with Gasteiger partial charge in [-0.2, -0.15) is 0 Å². The number of hydrogen-bond donors (Lipinski definition) is 0. The van der Waals surface area contributed by atoms with Crippen LogP contribution in [-0.4, -0.2) is 37.2 Å². The van der Waals surface area contributed by atoms with Crippen molar-refractivity contribution in [2.75, 3.05) is 13.2 Å². The van der Waals surface area contributed by atoms with E-state index in [0.29, 0.717) is 19.3 Å². The maximum atomic E-state index is 12.9. The molecule has 0 saturated heterocycles. The third-order valence-electron chi connectivity index (χ3n) is 14.8. The monoisotopic (exact) mass is 1060 g/mol. The van der Waals surface area contributed by atoms with E-state index >= 15 is 0 Å². The van der Waals surface area contributed by atoms with Crippen LogP contribution in [0.3, 0.4) is 0 Å². The standard InChI is InChI=1S/C70H126O6/c1-4-7-10-13-16-19-21-23-25-27-29-31-33-34-35-36-37-39-40-42-44-46-48-51-54-57-60-63-69(72)75-66-67(65-74-68(71)62-59-56-53-50-18-15-12-9-6-3)76-70(73)64-61-58-55-52-49-47-45-43-41-38-32-30-28-26-24-22-20-17-14-11-8-5-2/h7,10,16,19,23,25,29,31,34-35,67H,4-6,8-9,11-15,17-18,20-22,24,26-28,30,32-33,36-66H2,1-3H3/b10-7-,19-16-,25-23-,31-29-,35-34-. The molecule has 0 aliphatic rings. The molecule has 442 valence electrons. The first-order chi connectivity index (χ1) is 37.5. The molecule has 6 nitrogen and oxygen atoms in total. The van der Waals surface area contributed by atoms with Crippen molar-refractivity contribution >= 4 is 17.9 Å². The average molecular weight is 1060 g/mol. The lowest BCUT2D eigenvalue weighted by Gasteiger charge is -2.18. The van der Waals surface area contributed by atoms with Gasteiger partial charge in [0.25, 0.3) is 0 Å². The molecule has 6 heteroatoms. The molecule has 0 spiro atoms. The van der Waals surface area contributed by atoms with Crippen molar-refractivity contribution in [3.63, 3.8) is 0 Å².